The van der Waals surface area contributed by atoms with Crippen LogP contribution < -0.4 is 0 Å². The maximum Gasteiger partial charge on any atom is 0.133 e. The van der Waals surface area contributed by atoms with Gasteiger partial charge >= 0.3 is 0 Å². The minimum Gasteiger partial charge on any atom is -0.396 e. The number of aryl methyl sites for hydroxylation is 2. The Morgan fingerprint density at radius 3 is 3.14 bits per heavy atom. The molecule has 0 bridgehead atoms. The van der Waals surface area contributed by atoms with E-state index in [-0.39, 0.29) is 6.61 Å². The lowest BCUT2D eigenvalue weighted by Crippen LogP contribution is -2.17. The molecule has 0 amide bonds. The molecule has 1 aromatic rings. The highest BCUT2D eigenvalue weighted by Crippen LogP contribution is 2.24. The number of rotatable bonds is 3. The predicted octanol–water partition coefficient (Wildman–Crippen LogP) is 1.10. The summed E-state index contributed by atoms with van der Waals surface area (Å²) < 4.78 is 2.25. The highest BCUT2D eigenvalue weighted by atomic mass is 16.2. The van der Waals surface area contributed by atoms with E-state index in [1.807, 2.05) is 0 Å². The summed E-state index contributed by atoms with van der Waals surface area (Å²) in [5.41, 5.74) is 0. The summed E-state index contributed by atoms with van der Waals surface area (Å²) in [5.74, 6) is 2.16. The third kappa shape index (κ3) is 1.66. The van der Waals surface area contributed by atoms with E-state index >= 15 is 0 Å². The lowest BCUT2D eigenvalue weighted by atomic mass is 10.1. The lowest BCUT2D eigenvalue weighted by molar-refractivity contribution is 0.285. The van der Waals surface area contributed by atoms with Gasteiger partial charge in [-0.25, -0.2) is 0 Å². The molecule has 1 N–H and O–H groups in total. The molecule has 0 radical (unpaired) electrons. The number of hydrogen-bond donors (Lipinski definition) is 1. The molecular weight excluding hydrogens is 178 g/mol. The van der Waals surface area contributed by atoms with Crippen molar-refractivity contribution in [2.24, 2.45) is 0 Å². The number of fused-ring (bicyclic) bond motifs is 1. The van der Waals surface area contributed by atoms with Gasteiger partial charge in [0.05, 0.1) is 0 Å². The molecule has 1 aromatic heterocycles. The average Bonchev–Trinajstić information content (AvgIpc) is 2.59. The van der Waals surface area contributed by atoms with Gasteiger partial charge in [0, 0.05) is 25.5 Å². The van der Waals surface area contributed by atoms with Crippen molar-refractivity contribution < 1.29 is 5.11 Å². The Morgan fingerprint density at radius 1 is 1.50 bits per heavy atom. The molecule has 1 aliphatic heterocycles. The van der Waals surface area contributed by atoms with Crippen LogP contribution in [0.1, 0.15) is 43.9 Å². The number of aromatic nitrogens is 3. The first-order chi connectivity index (χ1) is 6.83. The van der Waals surface area contributed by atoms with Gasteiger partial charge in [-0.15, -0.1) is 10.2 Å². The molecule has 1 aliphatic rings. The molecule has 1 unspecified atom stereocenters. The van der Waals surface area contributed by atoms with Gasteiger partial charge in [-0.1, -0.05) is 0 Å². The molecule has 0 spiro atoms. The second kappa shape index (κ2) is 4.09. The first-order valence-electron chi connectivity index (χ1n) is 5.36. The van der Waals surface area contributed by atoms with Crippen molar-refractivity contribution in [2.45, 2.75) is 45.1 Å². The van der Waals surface area contributed by atoms with E-state index in [0.29, 0.717) is 6.04 Å². The monoisotopic (exact) mass is 195 g/mol. The Bertz CT molecular complexity index is 308. The standard InChI is InChI=1S/C10H17N3O/c1-8-4-2-5-9-11-12-10(13(8)9)6-3-7-14/h8,14H,2-7H2,1H3. The van der Waals surface area contributed by atoms with E-state index in [1.165, 1.54) is 12.8 Å². The fraction of sp³-hybridized carbons (Fsp3) is 0.800. The molecule has 4 heteroatoms. The van der Waals surface area contributed by atoms with Crippen LogP contribution in [0.15, 0.2) is 0 Å². The van der Waals surface area contributed by atoms with Crippen LogP contribution in [0.25, 0.3) is 0 Å². The van der Waals surface area contributed by atoms with Crippen LogP contribution in [-0.2, 0) is 12.8 Å². The molecule has 0 aliphatic carbocycles. The highest BCUT2D eigenvalue weighted by Gasteiger charge is 2.20. The Morgan fingerprint density at radius 2 is 2.36 bits per heavy atom. The summed E-state index contributed by atoms with van der Waals surface area (Å²) >= 11 is 0. The van der Waals surface area contributed by atoms with Gasteiger partial charge in [-0.3, -0.25) is 0 Å². The number of aliphatic hydroxyl groups excluding tert-OH is 1. The molecule has 0 fully saturated rings. The van der Waals surface area contributed by atoms with Crippen LogP contribution in [-0.4, -0.2) is 26.5 Å². The molecule has 2 heterocycles. The van der Waals surface area contributed by atoms with Crippen LogP contribution >= 0.6 is 0 Å². The summed E-state index contributed by atoms with van der Waals surface area (Å²) in [6, 6.07) is 0.530. The smallest absolute Gasteiger partial charge is 0.133 e. The van der Waals surface area contributed by atoms with E-state index in [9.17, 15) is 0 Å². The first-order valence-corrected chi connectivity index (χ1v) is 5.36. The fourth-order valence-corrected chi connectivity index (χ4v) is 2.13. The van der Waals surface area contributed by atoms with Crippen molar-refractivity contribution in [1.82, 2.24) is 14.8 Å². The zero-order valence-corrected chi connectivity index (χ0v) is 8.61. The maximum absolute atomic E-state index is 8.78. The lowest BCUT2D eigenvalue weighted by Gasteiger charge is -2.22. The molecule has 2 rings (SSSR count). The van der Waals surface area contributed by atoms with Crippen LogP contribution in [0.3, 0.4) is 0 Å². The molecule has 14 heavy (non-hydrogen) atoms. The van der Waals surface area contributed by atoms with Crippen molar-refractivity contribution in [2.75, 3.05) is 6.61 Å². The quantitative estimate of drug-likeness (QED) is 0.785. The van der Waals surface area contributed by atoms with Crippen LogP contribution in [0, 0.1) is 0 Å². The normalized spacial score (nSPS) is 20.9. The third-order valence-electron chi connectivity index (χ3n) is 2.86. The molecule has 78 valence electrons. The Labute approximate surface area is 84.0 Å². The molecule has 0 saturated heterocycles. The van der Waals surface area contributed by atoms with Gasteiger partial charge in [0.1, 0.15) is 11.6 Å². The van der Waals surface area contributed by atoms with Crippen LogP contribution in [0.4, 0.5) is 0 Å². The molecular formula is C10H17N3O. The largest absolute Gasteiger partial charge is 0.396 e. The van der Waals surface area contributed by atoms with Crippen molar-refractivity contribution >= 4 is 0 Å². The molecule has 4 nitrogen and oxygen atoms in total. The predicted molar refractivity (Wildman–Crippen MR) is 53.1 cm³/mol. The summed E-state index contributed by atoms with van der Waals surface area (Å²) in [5, 5.41) is 17.2. The zero-order chi connectivity index (χ0) is 9.97. The molecule has 0 saturated carbocycles. The minimum atomic E-state index is 0.233. The second-order valence-corrected chi connectivity index (χ2v) is 3.97. The van der Waals surface area contributed by atoms with E-state index in [4.69, 9.17) is 5.11 Å². The van der Waals surface area contributed by atoms with Gasteiger partial charge in [0.25, 0.3) is 0 Å². The Balaban J connectivity index is 2.20. The minimum absolute atomic E-state index is 0.233. The number of hydrogen-bond acceptors (Lipinski definition) is 3. The van der Waals surface area contributed by atoms with Crippen molar-refractivity contribution in [1.29, 1.82) is 0 Å². The van der Waals surface area contributed by atoms with Gasteiger partial charge in [0.2, 0.25) is 0 Å². The van der Waals surface area contributed by atoms with Gasteiger partial charge in [-0.05, 0) is 26.2 Å². The number of aliphatic hydroxyl groups is 1. The molecule has 0 aromatic carbocycles. The summed E-state index contributed by atoms with van der Waals surface area (Å²) in [6.45, 7) is 2.45. The zero-order valence-electron chi connectivity index (χ0n) is 8.61. The summed E-state index contributed by atoms with van der Waals surface area (Å²) in [6.07, 6.45) is 5.12. The van der Waals surface area contributed by atoms with E-state index in [2.05, 4.69) is 21.7 Å². The van der Waals surface area contributed by atoms with Crippen molar-refractivity contribution in [3.05, 3.63) is 11.6 Å². The highest BCUT2D eigenvalue weighted by molar-refractivity contribution is 5.01. The van der Waals surface area contributed by atoms with E-state index in [0.717, 1.165) is 30.9 Å². The number of nitrogens with zero attached hydrogens (tertiary/aromatic N) is 3. The van der Waals surface area contributed by atoms with Gasteiger partial charge in [0.15, 0.2) is 0 Å². The van der Waals surface area contributed by atoms with Crippen molar-refractivity contribution in [3.63, 3.8) is 0 Å². The Hall–Kier alpha value is -0.900. The second-order valence-electron chi connectivity index (χ2n) is 3.97. The first kappa shape index (κ1) is 9.65. The maximum atomic E-state index is 8.78. The van der Waals surface area contributed by atoms with Gasteiger partial charge in [-0.2, -0.15) is 0 Å². The van der Waals surface area contributed by atoms with E-state index < -0.39 is 0 Å². The summed E-state index contributed by atoms with van der Waals surface area (Å²) in [4.78, 5) is 0. The third-order valence-corrected chi connectivity index (χ3v) is 2.86. The van der Waals surface area contributed by atoms with Crippen LogP contribution in [0.2, 0.25) is 0 Å². The van der Waals surface area contributed by atoms with E-state index in [1.54, 1.807) is 0 Å². The van der Waals surface area contributed by atoms with Crippen molar-refractivity contribution in [3.8, 4) is 0 Å². The van der Waals surface area contributed by atoms with Gasteiger partial charge < -0.3 is 9.67 Å². The fourth-order valence-electron chi connectivity index (χ4n) is 2.13. The topological polar surface area (TPSA) is 50.9 Å². The molecule has 1 atom stereocenters. The average molecular weight is 195 g/mol. The Kier molecular flexibility index (Phi) is 2.82. The summed E-state index contributed by atoms with van der Waals surface area (Å²) in [7, 11) is 0. The van der Waals surface area contributed by atoms with Crippen LogP contribution in [0.5, 0.6) is 0 Å². The SMILES string of the molecule is CC1CCCc2nnc(CCCO)n21.